The van der Waals surface area contributed by atoms with Crippen molar-refractivity contribution < 1.29 is 4.79 Å². The molecule has 19 heavy (non-hydrogen) atoms. The molecule has 0 heterocycles. The van der Waals surface area contributed by atoms with E-state index in [1.807, 2.05) is 44.1 Å². The van der Waals surface area contributed by atoms with Crippen LogP contribution in [0.4, 0.5) is 5.69 Å². The Kier molecular flexibility index (Phi) is 6.36. The van der Waals surface area contributed by atoms with Gasteiger partial charge in [0, 0.05) is 30.9 Å². The Morgan fingerprint density at radius 2 is 2.00 bits per heavy atom. The van der Waals surface area contributed by atoms with E-state index in [4.69, 9.17) is 0 Å². The molecule has 4 nitrogen and oxygen atoms in total. The minimum Gasteiger partial charge on any atom is -0.385 e. The number of nitrogens with zero attached hydrogens (tertiary/aromatic N) is 1. The lowest BCUT2D eigenvalue weighted by molar-refractivity contribution is 0.0951. The first-order valence-corrected chi connectivity index (χ1v) is 6.82. The zero-order chi connectivity index (χ0) is 14.3. The van der Waals surface area contributed by atoms with Crippen LogP contribution in [0.25, 0.3) is 0 Å². The van der Waals surface area contributed by atoms with Crippen LogP contribution < -0.4 is 10.6 Å². The first-order chi connectivity index (χ1) is 9.04. The second-order valence-corrected chi connectivity index (χ2v) is 5.02. The van der Waals surface area contributed by atoms with E-state index in [9.17, 15) is 4.79 Å². The van der Waals surface area contributed by atoms with Crippen molar-refractivity contribution in [3.63, 3.8) is 0 Å². The average molecular weight is 263 g/mol. The SMILES string of the molecule is CCCNc1ccc(C(=O)NCCN(C)C)cc1C. The van der Waals surface area contributed by atoms with Gasteiger partial charge in [0.15, 0.2) is 0 Å². The number of hydrogen-bond acceptors (Lipinski definition) is 3. The van der Waals surface area contributed by atoms with Crippen LogP contribution in [-0.2, 0) is 0 Å². The van der Waals surface area contributed by atoms with Gasteiger partial charge in [-0.15, -0.1) is 0 Å². The number of anilines is 1. The highest BCUT2D eigenvalue weighted by Gasteiger charge is 2.07. The lowest BCUT2D eigenvalue weighted by Gasteiger charge is -2.12. The van der Waals surface area contributed by atoms with Crippen molar-refractivity contribution in [1.82, 2.24) is 10.2 Å². The van der Waals surface area contributed by atoms with E-state index >= 15 is 0 Å². The van der Waals surface area contributed by atoms with Crippen LogP contribution in [-0.4, -0.2) is 44.5 Å². The highest BCUT2D eigenvalue weighted by atomic mass is 16.1. The molecule has 0 saturated heterocycles. The summed E-state index contributed by atoms with van der Waals surface area (Å²) in [6.45, 7) is 6.63. The number of aryl methyl sites for hydroxylation is 1. The fourth-order valence-corrected chi connectivity index (χ4v) is 1.76. The number of hydrogen-bond donors (Lipinski definition) is 2. The summed E-state index contributed by atoms with van der Waals surface area (Å²) < 4.78 is 0. The molecule has 0 radical (unpaired) electrons. The number of rotatable bonds is 7. The molecule has 0 aliphatic carbocycles. The molecule has 0 bridgehead atoms. The van der Waals surface area contributed by atoms with Crippen LogP contribution in [0, 0.1) is 6.92 Å². The van der Waals surface area contributed by atoms with Gasteiger partial charge in [0.05, 0.1) is 0 Å². The van der Waals surface area contributed by atoms with Crippen LogP contribution in [0.1, 0.15) is 29.3 Å². The molecule has 0 fully saturated rings. The van der Waals surface area contributed by atoms with Crippen molar-refractivity contribution in [1.29, 1.82) is 0 Å². The Hall–Kier alpha value is -1.55. The van der Waals surface area contributed by atoms with Gasteiger partial charge in [-0.25, -0.2) is 0 Å². The summed E-state index contributed by atoms with van der Waals surface area (Å²) in [5.41, 5.74) is 2.93. The van der Waals surface area contributed by atoms with Crippen LogP contribution in [0.5, 0.6) is 0 Å². The third-order valence-electron chi connectivity index (χ3n) is 2.90. The number of benzene rings is 1. The van der Waals surface area contributed by atoms with Gasteiger partial charge in [0.1, 0.15) is 0 Å². The van der Waals surface area contributed by atoms with Gasteiger partial charge in [-0.1, -0.05) is 6.92 Å². The predicted octanol–water partition coefficient (Wildman–Crippen LogP) is 2.11. The van der Waals surface area contributed by atoms with Gasteiger partial charge < -0.3 is 15.5 Å². The largest absolute Gasteiger partial charge is 0.385 e. The molecule has 0 saturated carbocycles. The van der Waals surface area contributed by atoms with Crippen LogP contribution in [0.15, 0.2) is 18.2 Å². The molecule has 0 atom stereocenters. The average Bonchev–Trinajstić information content (AvgIpc) is 2.36. The number of carbonyl (C=O) groups is 1. The summed E-state index contributed by atoms with van der Waals surface area (Å²) in [4.78, 5) is 14.0. The standard InChI is InChI=1S/C15H25N3O/c1-5-8-16-14-7-6-13(11-12(14)2)15(19)17-9-10-18(3)4/h6-7,11,16H,5,8-10H2,1-4H3,(H,17,19). The molecule has 4 heteroatoms. The van der Waals surface area contributed by atoms with E-state index in [-0.39, 0.29) is 5.91 Å². The Bertz CT molecular complexity index is 416. The van der Waals surface area contributed by atoms with Gasteiger partial charge in [-0.3, -0.25) is 4.79 Å². The molecule has 0 spiro atoms. The summed E-state index contributed by atoms with van der Waals surface area (Å²) >= 11 is 0. The number of amides is 1. The molecule has 1 rings (SSSR count). The molecule has 0 aliphatic heterocycles. The monoisotopic (exact) mass is 263 g/mol. The molecule has 1 aromatic rings. The van der Waals surface area contributed by atoms with Crippen LogP contribution in [0.2, 0.25) is 0 Å². The number of nitrogens with one attached hydrogen (secondary N) is 2. The third-order valence-corrected chi connectivity index (χ3v) is 2.90. The maximum Gasteiger partial charge on any atom is 0.251 e. The van der Waals surface area contributed by atoms with E-state index in [1.165, 1.54) is 0 Å². The van der Waals surface area contributed by atoms with Crippen molar-refractivity contribution in [2.75, 3.05) is 39.0 Å². The maximum atomic E-state index is 12.0. The Labute approximate surface area is 116 Å². The second-order valence-electron chi connectivity index (χ2n) is 5.02. The van der Waals surface area contributed by atoms with Crippen molar-refractivity contribution in [2.45, 2.75) is 20.3 Å². The van der Waals surface area contributed by atoms with Gasteiger partial charge in [0.2, 0.25) is 0 Å². The third kappa shape index (κ3) is 5.30. The molecule has 106 valence electrons. The molecule has 0 unspecified atom stereocenters. The summed E-state index contributed by atoms with van der Waals surface area (Å²) in [6.07, 6.45) is 1.09. The molecule has 1 aromatic carbocycles. The fourth-order valence-electron chi connectivity index (χ4n) is 1.76. The number of carbonyl (C=O) groups excluding carboxylic acids is 1. The van der Waals surface area contributed by atoms with Crippen molar-refractivity contribution in [3.05, 3.63) is 29.3 Å². The van der Waals surface area contributed by atoms with Crippen molar-refractivity contribution >= 4 is 11.6 Å². The second kappa shape index (κ2) is 7.79. The smallest absolute Gasteiger partial charge is 0.251 e. The summed E-state index contributed by atoms with van der Waals surface area (Å²) in [7, 11) is 3.98. The van der Waals surface area contributed by atoms with E-state index in [0.29, 0.717) is 6.54 Å². The highest BCUT2D eigenvalue weighted by Crippen LogP contribution is 2.16. The predicted molar refractivity (Wildman–Crippen MR) is 80.8 cm³/mol. The fraction of sp³-hybridized carbons (Fsp3) is 0.533. The number of likely N-dealkylation sites (N-methyl/N-ethyl adjacent to an activating group) is 1. The molecule has 2 N–H and O–H groups in total. The van der Waals surface area contributed by atoms with E-state index in [0.717, 1.165) is 36.3 Å². The zero-order valence-electron chi connectivity index (χ0n) is 12.4. The maximum absolute atomic E-state index is 12.0. The summed E-state index contributed by atoms with van der Waals surface area (Å²) in [6, 6.07) is 5.78. The minimum absolute atomic E-state index is 0.00742. The highest BCUT2D eigenvalue weighted by molar-refractivity contribution is 5.94. The van der Waals surface area contributed by atoms with E-state index in [1.54, 1.807) is 0 Å². The topological polar surface area (TPSA) is 44.4 Å². The van der Waals surface area contributed by atoms with Crippen molar-refractivity contribution in [3.8, 4) is 0 Å². The normalized spacial score (nSPS) is 10.6. The molecule has 1 amide bonds. The van der Waals surface area contributed by atoms with Gasteiger partial charge in [0.25, 0.3) is 5.91 Å². The first kappa shape index (κ1) is 15.5. The molecular weight excluding hydrogens is 238 g/mol. The van der Waals surface area contributed by atoms with Crippen LogP contribution >= 0.6 is 0 Å². The van der Waals surface area contributed by atoms with E-state index < -0.39 is 0 Å². The Morgan fingerprint density at radius 3 is 2.58 bits per heavy atom. The van der Waals surface area contributed by atoms with Gasteiger partial charge in [-0.2, -0.15) is 0 Å². The molecular formula is C15H25N3O. The minimum atomic E-state index is -0.00742. The molecule has 0 aromatic heterocycles. The lowest BCUT2D eigenvalue weighted by Crippen LogP contribution is -2.31. The lowest BCUT2D eigenvalue weighted by atomic mass is 10.1. The van der Waals surface area contributed by atoms with E-state index in [2.05, 4.69) is 17.6 Å². The van der Waals surface area contributed by atoms with Gasteiger partial charge in [-0.05, 0) is 51.2 Å². The van der Waals surface area contributed by atoms with Crippen molar-refractivity contribution in [2.24, 2.45) is 0 Å². The summed E-state index contributed by atoms with van der Waals surface area (Å²) in [5, 5.41) is 6.27. The van der Waals surface area contributed by atoms with Crippen LogP contribution in [0.3, 0.4) is 0 Å². The Balaban J connectivity index is 2.59. The molecule has 0 aliphatic rings. The zero-order valence-corrected chi connectivity index (χ0v) is 12.4. The Morgan fingerprint density at radius 1 is 1.26 bits per heavy atom. The first-order valence-electron chi connectivity index (χ1n) is 6.82. The quantitative estimate of drug-likeness (QED) is 0.792. The van der Waals surface area contributed by atoms with Gasteiger partial charge >= 0.3 is 0 Å². The summed E-state index contributed by atoms with van der Waals surface area (Å²) in [5.74, 6) is -0.00742.